The van der Waals surface area contributed by atoms with Crippen LogP contribution in [0.3, 0.4) is 0 Å². The zero-order chi connectivity index (χ0) is 20.5. The maximum Gasteiger partial charge on any atom is 0.147 e. The predicted molar refractivity (Wildman–Crippen MR) is 115 cm³/mol. The second-order valence-electron chi connectivity index (χ2n) is 7.29. The third kappa shape index (κ3) is 3.27. The Morgan fingerprint density at radius 3 is 2.70 bits per heavy atom. The number of ether oxygens (including phenoxy) is 1. The maximum absolute atomic E-state index is 15.2. The van der Waals surface area contributed by atoms with Crippen LogP contribution in [0.25, 0.3) is 22.2 Å². The van der Waals surface area contributed by atoms with E-state index in [1.54, 1.807) is 12.1 Å². The molecule has 0 amide bonds. The molecule has 0 aliphatic carbocycles. The SMILES string of the molecule is CNc1ncnc2c1c(-c1ccc(Oc3ccccc3)cc1F)cn2C1CCCN1. The Bertz CT molecular complexity index is 1190. The Hall–Kier alpha value is -3.45. The average molecular weight is 403 g/mol. The molecule has 0 bridgehead atoms. The van der Waals surface area contributed by atoms with E-state index in [-0.39, 0.29) is 12.0 Å². The monoisotopic (exact) mass is 403 g/mol. The highest BCUT2D eigenvalue weighted by atomic mass is 19.1. The minimum Gasteiger partial charge on any atom is -0.457 e. The predicted octanol–water partition coefficient (Wildman–Crippen LogP) is 4.95. The number of halogens is 1. The van der Waals surface area contributed by atoms with Crippen molar-refractivity contribution in [2.45, 2.75) is 19.0 Å². The van der Waals surface area contributed by atoms with Crippen LogP contribution in [0.2, 0.25) is 0 Å². The molecule has 3 heterocycles. The van der Waals surface area contributed by atoms with Crippen molar-refractivity contribution < 1.29 is 9.13 Å². The summed E-state index contributed by atoms with van der Waals surface area (Å²) in [5.41, 5.74) is 2.03. The van der Waals surface area contributed by atoms with E-state index in [2.05, 4.69) is 25.2 Å². The van der Waals surface area contributed by atoms with Crippen LogP contribution in [0.15, 0.2) is 61.1 Å². The van der Waals surface area contributed by atoms with Gasteiger partial charge in [0.2, 0.25) is 0 Å². The van der Waals surface area contributed by atoms with Gasteiger partial charge in [0, 0.05) is 30.4 Å². The van der Waals surface area contributed by atoms with Gasteiger partial charge in [0.1, 0.15) is 35.1 Å². The van der Waals surface area contributed by atoms with Crippen LogP contribution in [0.4, 0.5) is 10.2 Å². The number of hydrogen-bond acceptors (Lipinski definition) is 5. The van der Waals surface area contributed by atoms with Crippen LogP contribution in [0.5, 0.6) is 11.5 Å². The fraction of sp³-hybridized carbons (Fsp3) is 0.217. The van der Waals surface area contributed by atoms with Gasteiger partial charge in [-0.25, -0.2) is 14.4 Å². The third-order valence-corrected chi connectivity index (χ3v) is 5.43. The standard InChI is InChI=1S/C23H22FN5O/c1-25-22-21-18(13-29(20-8-5-11-26-20)23(21)28-14-27-22)17-10-9-16(12-19(17)24)30-15-6-3-2-4-7-15/h2-4,6-7,9-10,12-14,20,26H,5,8,11H2,1H3,(H,25,27,28). The highest BCUT2D eigenvalue weighted by Gasteiger charge is 2.24. The number of rotatable bonds is 5. The molecule has 2 aromatic carbocycles. The van der Waals surface area contributed by atoms with Crippen molar-refractivity contribution in [1.82, 2.24) is 19.9 Å². The van der Waals surface area contributed by atoms with Crippen molar-refractivity contribution in [1.29, 1.82) is 0 Å². The molecule has 1 aliphatic rings. The van der Waals surface area contributed by atoms with Gasteiger partial charge >= 0.3 is 0 Å². The molecule has 7 heteroatoms. The van der Waals surface area contributed by atoms with Crippen LogP contribution in [0, 0.1) is 5.82 Å². The average Bonchev–Trinajstić information content (AvgIpc) is 3.42. The Morgan fingerprint density at radius 1 is 1.10 bits per heavy atom. The van der Waals surface area contributed by atoms with E-state index in [1.807, 2.05) is 43.6 Å². The third-order valence-electron chi connectivity index (χ3n) is 5.43. The summed E-state index contributed by atoms with van der Waals surface area (Å²) in [6, 6.07) is 14.3. The summed E-state index contributed by atoms with van der Waals surface area (Å²) in [6.45, 7) is 0.962. The summed E-state index contributed by atoms with van der Waals surface area (Å²) in [4.78, 5) is 8.86. The largest absolute Gasteiger partial charge is 0.457 e. The molecule has 1 unspecified atom stereocenters. The van der Waals surface area contributed by atoms with Crippen LogP contribution in [-0.4, -0.2) is 28.1 Å². The van der Waals surface area contributed by atoms with Crippen LogP contribution in [0.1, 0.15) is 19.0 Å². The molecule has 6 nitrogen and oxygen atoms in total. The summed E-state index contributed by atoms with van der Waals surface area (Å²) in [5.74, 6) is 1.44. The summed E-state index contributed by atoms with van der Waals surface area (Å²) in [5, 5.41) is 7.41. The fourth-order valence-electron chi connectivity index (χ4n) is 4.02. The van der Waals surface area contributed by atoms with E-state index in [1.165, 1.54) is 12.4 Å². The van der Waals surface area contributed by atoms with Gasteiger partial charge in [0.05, 0.1) is 11.6 Å². The Morgan fingerprint density at radius 2 is 1.97 bits per heavy atom. The molecule has 1 aliphatic heterocycles. The van der Waals surface area contributed by atoms with Gasteiger partial charge in [-0.1, -0.05) is 18.2 Å². The van der Waals surface area contributed by atoms with Crippen LogP contribution in [-0.2, 0) is 0 Å². The first-order valence-corrected chi connectivity index (χ1v) is 10.0. The van der Waals surface area contributed by atoms with E-state index in [4.69, 9.17) is 4.74 Å². The lowest BCUT2D eigenvalue weighted by Crippen LogP contribution is -2.19. The lowest BCUT2D eigenvalue weighted by molar-refractivity contribution is 0.477. The van der Waals surface area contributed by atoms with Gasteiger partial charge in [-0.2, -0.15) is 0 Å². The summed E-state index contributed by atoms with van der Waals surface area (Å²) < 4.78 is 23.1. The van der Waals surface area contributed by atoms with Crippen molar-refractivity contribution in [2.24, 2.45) is 0 Å². The normalized spacial score (nSPS) is 16.1. The number of hydrogen-bond donors (Lipinski definition) is 2. The second-order valence-corrected chi connectivity index (χ2v) is 7.29. The van der Waals surface area contributed by atoms with Gasteiger partial charge in [0.15, 0.2) is 0 Å². The molecule has 2 N–H and O–H groups in total. The molecule has 0 radical (unpaired) electrons. The Balaban J connectivity index is 1.60. The minimum absolute atomic E-state index is 0.143. The van der Waals surface area contributed by atoms with Crippen molar-refractivity contribution in [2.75, 3.05) is 18.9 Å². The maximum atomic E-state index is 15.2. The Labute approximate surface area is 173 Å². The summed E-state index contributed by atoms with van der Waals surface area (Å²) in [6.07, 6.45) is 5.76. The first kappa shape index (κ1) is 18.6. The molecular formula is C23H22FN5O. The zero-order valence-electron chi connectivity index (χ0n) is 16.6. The molecule has 152 valence electrons. The zero-order valence-corrected chi connectivity index (χ0v) is 16.6. The molecule has 2 aromatic heterocycles. The number of nitrogens with zero attached hydrogens (tertiary/aromatic N) is 3. The van der Waals surface area contributed by atoms with Crippen molar-refractivity contribution in [3.05, 3.63) is 66.9 Å². The van der Waals surface area contributed by atoms with Gasteiger partial charge in [-0.3, -0.25) is 5.32 Å². The number of nitrogens with one attached hydrogen (secondary N) is 2. The molecule has 4 aromatic rings. The molecule has 0 saturated carbocycles. The highest BCUT2D eigenvalue weighted by molar-refractivity contribution is 6.01. The first-order valence-electron chi connectivity index (χ1n) is 10.0. The molecule has 1 saturated heterocycles. The number of para-hydroxylation sites is 1. The van der Waals surface area contributed by atoms with Gasteiger partial charge in [-0.15, -0.1) is 0 Å². The van der Waals surface area contributed by atoms with E-state index >= 15 is 4.39 Å². The van der Waals surface area contributed by atoms with E-state index in [0.717, 1.165) is 36.0 Å². The van der Waals surface area contributed by atoms with E-state index in [0.29, 0.717) is 22.9 Å². The van der Waals surface area contributed by atoms with Gasteiger partial charge in [-0.05, 0) is 43.7 Å². The Kier molecular flexibility index (Phi) is 4.80. The quantitative estimate of drug-likeness (QED) is 0.493. The molecule has 1 atom stereocenters. The van der Waals surface area contributed by atoms with Crippen molar-refractivity contribution in [3.63, 3.8) is 0 Å². The molecular weight excluding hydrogens is 381 g/mol. The smallest absolute Gasteiger partial charge is 0.147 e. The number of aromatic nitrogens is 3. The first-order chi connectivity index (χ1) is 14.7. The number of anilines is 1. The highest BCUT2D eigenvalue weighted by Crippen LogP contribution is 2.38. The van der Waals surface area contributed by atoms with Crippen molar-refractivity contribution >= 4 is 16.9 Å². The summed E-state index contributed by atoms with van der Waals surface area (Å²) >= 11 is 0. The molecule has 5 rings (SSSR count). The number of fused-ring (bicyclic) bond motifs is 1. The topological polar surface area (TPSA) is 64.0 Å². The van der Waals surface area contributed by atoms with Crippen LogP contribution < -0.4 is 15.4 Å². The van der Waals surface area contributed by atoms with Crippen LogP contribution >= 0.6 is 0 Å². The minimum atomic E-state index is -0.354. The molecule has 30 heavy (non-hydrogen) atoms. The lowest BCUT2D eigenvalue weighted by Gasteiger charge is -2.13. The molecule has 1 fully saturated rings. The van der Waals surface area contributed by atoms with Crippen molar-refractivity contribution in [3.8, 4) is 22.6 Å². The number of benzene rings is 2. The second kappa shape index (κ2) is 7.76. The lowest BCUT2D eigenvalue weighted by atomic mass is 10.1. The van der Waals surface area contributed by atoms with E-state index < -0.39 is 0 Å². The fourth-order valence-corrected chi connectivity index (χ4v) is 4.02. The van der Waals surface area contributed by atoms with E-state index in [9.17, 15) is 0 Å². The van der Waals surface area contributed by atoms with Gasteiger partial charge < -0.3 is 14.6 Å². The summed E-state index contributed by atoms with van der Waals surface area (Å²) in [7, 11) is 1.81. The molecule has 0 spiro atoms. The van der Waals surface area contributed by atoms with Gasteiger partial charge in [0.25, 0.3) is 0 Å².